The van der Waals surface area contributed by atoms with E-state index < -0.39 is 0 Å². The van der Waals surface area contributed by atoms with Crippen molar-refractivity contribution in [3.63, 3.8) is 0 Å². The molecule has 0 atom stereocenters. The maximum absolute atomic E-state index is 7.83. The number of hydrogen-bond acceptors (Lipinski definition) is 2. The van der Waals surface area contributed by atoms with Crippen LogP contribution >= 0.6 is 0 Å². The van der Waals surface area contributed by atoms with Crippen LogP contribution in [-0.2, 0) is 12.5 Å². The maximum atomic E-state index is 7.83. The van der Waals surface area contributed by atoms with Crippen molar-refractivity contribution in [1.29, 1.82) is 0 Å². The van der Waals surface area contributed by atoms with Crippen LogP contribution in [0.25, 0.3) is 21.5 Å². The van der Waals surface area contributed by atoms with Gasteiger partial charge in [0.25, 0.3) is 0 Å². The van der Waals surface area contributed by atoms with Crippen LogP contribution in [0.1, 0.15) is 0 Å². The van der Waals surface area contributed by atoms with E-state index in [9.17, 15) is 0 Å². The first kappa shape index (κ1) is 10.7. The second-order valence-electron chi connectivity index (χ2n) is 3.55. The third-order valence-electron chi connectivity index (χ3n) is 2.61. The number of hydrogen-bond donors (Lipinski definition) is 0. The summed E-state index contributed by atoms with van der Waals surface area (Å²) in [6.45, 7) is 0. The molecule has 0 saturated heterocycles. The number of benzene rings is 3. The van der Waals surface area contributed by atoms with Crippen molar-refractivity contribution < 1.29 is 4.21 Å². The summed E-state index contributed by atoms with van der Waals surface area (Å²) >= 11 is 2.83. The highest BCUT2D eigenvalue weighted by molar-refractivity contribution is 7.44. The highest BCUT2D eigenvalue weighted by atomic mass is 32.1. The van der Waals surface area contributed by atoms with Crippen LogP contribution in [0.5, 0.6) is 0 Å². The zero-order chi connectivity index (χ0) is 11.4. The molecule has 2 heteroatoms. The van der Waals surface area contributed by atoms with Crippen LogP contribution in [0, 0.1) is 0 Å². The lowest BCUT2D eigenvalue weighted by Gasteiger charge is -2.00. The van der Waals surface area contributed by atoms with Gasteiger partial charge in [0.1, 0.15) is 0 Å². The molecule has 0 saturated carbocycles. The first-order valence-corrected chi connectivity index (χ1v) is 5.31. The van der Waals surface area contributed by atoms with Gasteiger partial charge in [-0.05, 0) is 33.7 Å². The van der Waals surface area contributed by atoms with Crippen molar-refractivity contribution >= 4 is 34.1 Å². The van der Waals surface area contributed by atoms with Crippen molar-refractivity contribution in [3.8, 4) is 0 Å². The van der Waals surface area contributed by atoms with Crippen molar-refractivity contribution in [2.75, 3.05) is 0 Å². The van der Waals surface area contributed by atoms with Gasteiger partial charge in [-0.3, -0.25) is 0 Å². The molecule has 3 rings (SSSR count). The van der Waals surface area contributed by atoms with Crippen molar-refractivity contribution in [3.05, 3.63) is 60.7 Å². The summed E-state index contributed by atoms with van der Waals surface area (Å²) in [6.07, 6.45) is 0. The van der Waals surface area contributed by atoms with Gasteiger partial charge < -0.3 is 0 Å². The Morgan fingerprint density at radius 2 is 0.812 bits per heavy atom. The van der Waals surface area contributed by atoms with Gasteiger partial charge in [-0.15, -0.1) is 0 Å². The van der Waals surface area contributed by atoms with E-state index in [1.165, 1.54) is 21.5 Å². The van der Waals surface area contributed by atoms with E-state index in [0.717, 1.165) is 0 Å². The van der Waals surface area contributed by atoms with Crippen LogP contribution < -0.4 is 0 Å². The Kier molecular flexibility index (Phi) is 3.22. The number of rotatable bonds is 0. The summed E-state index contributed by atoms with van der Waals surface area (Å²) in [7, 11) is 0. The second kappa shape index (κ2) is 4.81. The molecule has 0 unspecified atom stereocenters. The summed E-state index contributed by atoms with van der Waals surface area (Å²) in [4.78, 5) is 0. The Morgan fingerprint density at radius 3 is 1.06 bits per heavy atom. The van der Waals surface area contributed by atoms with Crippen LogP contribution in [0.2, 0.25) is 0 Å². The van der Waals surface area contributed by atoms with E-state index in [-0.39, 0.29) is 0 Å². The lowest BCUT2D eigenvalue weighted by atomic mass is 10.0. The van der Waals surface area contributed by atoms with Gasteiger partial charge in [0.2, 0.25) is 0 Å². The fraction of sp³-hybridized carbons (Fsp3) is 0. The Labute approximate surface area is 99.2 Å². The van der Waals surface area contributed by atoms with Gasteiger partial charge in [0, 0.05) is 0 Å². The zero-order valence-electron chi connectivity index (χ0n) is 8.59. The average molecular weight is 226 g/mol. The van der Waals surface area contributed by atoms with Gasteiger partial charge in [-0.25, -0.2) is 0 Å². The summed E-state index contributed by atoms with van der Waals surface area (Å²) in [6, 6.07) is 21.4. The number of fused-ring (bicyclic) bond motifs is 2. The molecule has 0 heterocycles. The molecule has 1 nitrogen and oxygen atoms in total. The molecule has 16 heavy (non-hydrogen) atoms. The van der Waals surface area contributed by atoms with E-state index >= 15 is 0 Å². The minimum Gasteiger partial charge on any atom is -0.197 e. The van der Waals surface area contributed by atoms with Crippen LogP contribution in [0.3, 0.4) is 0 Å². The molecule has 0 fully saturated rings. The van der Waals surface area contributed by atoms with E-state index in [4.69, 9.17) is 4.21 Å². The van der Waals surface area contributed by atoms with Gasteiger partial charge in [-0.1, -0.05) is 48.5 Å². The van der Waals surface area contributed by atoms with Crippen molar-refractivity contribution in [1.82, 2.24) is 0 Å². The summed E-state index contributed by atoms with van der Waals surface area (Å²) in [5.74, 6) is 0. The molecule has 3 aromatic carbocycles. The maximum Gasteiger partial charge on any atom is 0.197 e. The smallest absolute Gasteiger partial charge is 0.197 e. The van der Waals surface area contributed by atoms with Crippen LogP contribution in [0.15, 0.2) is 60.7 Å². The minimum atomic E-state index is 1.31. The van der Waals surface area contributed by atoms with Gasteiger partial charge in [-0.2, -0.15) is 4.21 Å². The summed E-state index contributed by atoms with van der Waals surface area (Å²) in [5.41, 5.74) is 0. The molecule has 0 aliphatic heterocycles. The highest BCUT2D eigenvalue weighted by Crippen LogP contribution is 2.21. The molecule has 0 bridgehead atoms. The molecule has 0 N–H and O–H groups in total. The lowest BCUT2D eigenvalue weighted by Crippen LogP contribution is -1.74. The normalized spacial score (nSPS) is 9.75. The fourth-order valence-corrected chi connectivity index (χ4v) is 1.88. The summed E-state index contributed by atoms with van der Waals surface area (Å²) in [5, 5.41) is 5.25. The largest absolute Gasteiger partial charge is 0.197 e. The highest BCUT2D eigenvalue weighted by Gasteiger charge is 1.95. The summed E-state index contributed by atoms with van der Waals surface area (Å²) < 4.78 is 7.83. The second-order valence-corrected chi connectivity index (χ2v) is 3.55. The van der Waals surface area contributed by atoms with Crippen molar-refractivity contribution in [2.24, 2.45) is 0 Å². The third-order valence-corrected chi connectivity index (χ3v) is 2.61. The zero-order valence-corrected chi connectivity index (χ0v) is 9.41. The fourth-order valence-electron chi connectivity index (χ4n) is 1.88. The Bertz CT molecular complexity index is 514. The quantitative estimate of drug-likeness (QED) is 0.544. The SMILES string of the molecule is O=S.c1ccc2cc3ccccc3cc2c1. The molecule has 0 aliphatic rings. The third kappa shape index (κ3) is 1.92. The van der Waals surface area contributed by atoms with Crippen LogP contribution in [-0.4, -0.2) is 4.21 Å². The molecular weight excluding hydrogens is 216 g/mol. The standard InChI is InChI=1S/C14H10.OS/c1-2-6-12-10-14-8-4-3-7-13(14)9-11(12)5-1;1-2/h1-10H;. The Balaban J connectivity index is 0.000000457. The molecule has 78 valence electrons. The van der Waals surface area contributed by atoms with Gasteiger partial charge >= 0.3 is 0 Å². The monoisotopic (exact) mass is 226 g/mol. The molecule has 0 aromatic heterocycles. The first-order valence-electron chi connectivity index (χ1n) is 4.98. The first-order chi connectivity index (χ1) is 7.93. The Hall–Kier alpha value is -1.80. The molecule has 0 radical (unpaired) electrons. The van der Waals surface area contributed by atoms with E-state index in [1.54, 1.807) is 0 Å². The molecule has 0 spiro atoms. The lowest BCUT2D eigenvalue weighted by molar-refractivity contribution is 0.702. The molecule has 0 amide bonds. The average Bonchev–Trinajstić information content (AvgIpc) is 2.38. The predicted molar refractivity (Wildman–Crippen MR) is 69.6 cm³/mol. The molecule has 3 aromatic rings. The molecular formula is C14H10OS. The topological polar surface area (TPSA) is 17.1 Å². The van der Waals surface area contributed by atoms with Gasteiger partial charge in [0.15, 0.2) is 12.5 Å². The molecule has 0 aliphatic carbocycles. The van der Waals surface area contributed by atoms with E-state index in [0.29, 0.717) is 0 Å². The van der Waals surface area contributed by atoms with E-state index in [2.05, 4.69) is 73.2 Å². The van der Waals surface area contributed by atoms with Crippen molar-refractivity contribution in [2.45, 2.75) is 0 Å². The minimum absolute atomic E-state index is 1.31. The van der Waals surface area contributed by atoms with Crippen LogP contribution in [0.4, 0.5) is 0 Å². The predicted octanol–water partition coefficient (Wildman–Crippen LogP) is 3.66. The Morgan fingerprint density at radius 1 is 0.562 bits per heavy atom. The van der Waals surface area contributed by atoms with E-state index in [1.807, 2.05) is 0 Å². The van der Waals surface area contributed by atoms with Gasteiger partial charge in [0.05, 0.1) is 0 Å².